The Bertz CT molecular complexity index is 514. The Hall–Kier alpha value is -1.61. The number of nitrogens with two attached hydrogens (primary N) is 1. The molecule has 0 spiro atoms. The second kappa shape index (κ2) is 4.72. The van der Waals surface area contributed by atoms with Crippen molar-refractivity contribution in [2.45, 2.75) is 26.3 Å². The summed E-state index contributed by atoms with van der Waals surface area (Å²) in [6.07, 6.45) is 2.87. The maximum Gasteiger partial charge on any atom is 0.0641 e. The van der Waals surface area contributed by atoms with Crippen LogP contribution in [0, 0.1) is 13.8 Å². The fourth-order valence-corrected chi connectivity index (χ4v) is 2.17. The SMILES string of the molecule is Cc1ccccc1CC(N)c1cn(C)nc1C. The molecule has 3 nitrogen and oxygen atoms in total. The van der Waals surface area contributed by atoms with E-state index in [4.69, 9.17) is 5.73 Å². The molecular weight excluding hydrogens is 210 g/mol. The van der Waals surface area contributed by atoms with Crippen molar-refractivity contribution in [3.63, 3.8) is 0 Å². The molecule has 1 atom stereocenters. The van der Waals surface area contributed by atoms with Crippen LogP contribution in [0.5, 0.6) is 0 Å². The Labute approximate surface area is 102 Å². The first kappa shape index (κ1) is 11.9. The summed E-state index contributed by atoms with van der Waals surface area (Å²) in [5.74, 6) is 0. The molecule has 2 rings (SSSR count). The van der Waals surface area contributed by atoms with Crippen molar-refractivity contribution in [3.05, 3.63) is 52.8 Å². The molecule has 3 heteroatoms. The molecule has 0 radical (unpaired) electrons. The average molecular weight is 229 g/mol. The van der Waals surface area contributed by atoms with Crippen LogP contribution >= 0.6 is 0 Å². The molecule has 2 N–H and O–H groups in total. The van der Waals surface area contributed by atoms with Crippen molar-refractivity contribution in [1.29, 1.82) is 0 Å². The molecule has 1 unspecified atom stereocenters. The highest BCUT2D eigenvalue weighted by Crippen LogP contribution is 2.20. The quantitative estimate of drug-likeness (QED) is 0.877. The fourth-order valence-electron chi connectivity index (χ4n) is 2.17. The first-order chi connectivity index (χ1) is 8.08. The Balaban J connectivity index is 2.20. The Morgan fingerprint density at radius 1 is 1.29 bits per heavy atom. The highest BCUT2D eigenvalue weighted by Gasteiger charge is 2.13. The van der Waals surface area contributed by atoms with Crippen LogP contribution in [0.3, 0.4) is 0 Å². The van der Waals surface area contributed by atoms with Gasteiger partial charge >= 0.3 is 0 Å². The van der Waals surface area contributed by atoms with E-state index >= 15 is 0 Å². The van der Waals surface area contributed by atoms with Gasteiger partial charge in [0.15, 0.2) is 0 Å². The lowest BCUT2D eigenvalue weighted by molar-refractivity contribution is 0.712. The van der Waals surface area contributed by atoms with E-state index in [1.807, 2.05) is 24.9 Å². The summed E-state index contributed by atoms with van der Waals surface area (Å²) in [6.45, 7) is 4.13. The molecular formula is C14H19N3. The molecule has 90 valence electrons. The van der Waals surface area contributed by atoms with Gasteiger partial charge in [-0.25, -0.2) is 0 Å². The smallest absolute Gasteiger partial charge is 0.0641 e. The molecule has 0 saturated carbocycles. The van der Waals surface area contributed by atoms with E-state index in [1.165, 1.54) is 11.1 Å². The topological polar surface area (TPSA) is 43.8 Å². The van der Waals surface area contributed by atoms with Gasteiger partial charge in [0.25, 0.3) is 0 Å². The predicted octanol–water partition coefficient (Wildman–Crippen LogP) is 2.28. The summed E-state index contributed by atoms with van der Waals surface area (Å²) in [6, 6.07) is 8.40. The number of hydrogen-bond donors (Lipinski definition) is 1. The highest BCUT2D eigenvalue weighted by atomic mass is 15.2. The zero-order valence-corrected chi connectivity index (χ0v) is 10.6. The minimum Gasteiger partial charge on any atom is -0.324 e. The van der Waals surface area contributed by atoms with E-state index < -0.39 is 0 Å². The van der Waals surface area contributed by atoms with Crippen molar-refractivity contribution < 1.29 is 0 Å². The van der Waals surface area contributed by atoms with E-state index in [9.17, 15) is 0 Å². The molecule has 0 amide bonds. The van der Waals surface area contributed by atoms with Gasteiger partial charge in [0.1, 0.15) is 0 Å². The van der Waals surface area contributed by atoms with Crippen molar-refractivity contribution in [3.8, 4) is 0 Å². The summed E-state index contributed by atoms with van der Waals surface area (Å²) in [5.41, 5.74) is 11.0. The van der Waals surface area contributed by atoms with Crippen molar-refractivity contribution in [2.24, 2.45) is 12.8 Å². The molecule has 0 aliphatic carbocycles. The van der Waals surface area contributed by atoms with E-state index in [1.54, 1.807) is 0 Å². The first-order valence-corrected chi connectivity index (χ1v) is 5.88. The van der Waals surface area contributed by atoms with Gasteiger partial charge < -0.3 is 5.73 Å². The average Bonchev–Trinajstić information content (AvgIpc) is 2.61. The maximum atomic E-state index is 6.26. The third-order valence-electron chi connectivity index (χ3n) is 3.15. The summed E-state index contributed by atoms with van der Waals surface area (Å²) >= 11 is 0. The van der Waals surface area contributed by atoms with Crippen molar-refractivity contribution in [2.75, 3.05) is 0 Å². The number of aromatic nitrogens is 2. The fraction of sp³-hybridized carbons (Fsp3) is 0.357. The zero-order valence-electron chi connectivity index (χ0n) is 10.6. The predicted molar refractivity (Wildman–Crippen MR) is 69.8 cm³/mol. The van der Waals surface area contributed by atoms with Gasteiger partial charge in [0, 0.05) is 24.8 Å². The van der Waals surface area contributed by atoms with Gasteiger partial charge in [0.2, 0.25) is 0 Å². The molecule has 2 aromatic rings. The summed E-state index contributed by atoms with van der Waals surface area (Å²) < 4.78 is 1.82. The lowest BCUT2D eigenvalue weighted by Crippen LogP contribution is -2.14. The van der Waals surface area contributed by atoms with Gasteiger partial charge in [-0.2, -0.15) is 5.10 Å². The maximum absolute atomic E-state index is 6.26. The number of benzene rings is 1. The van der Waals surface area contributed by atoms with Crippen LogP contribution < -0.4 is 5.73 Å². The van der Waals surface area contributed by atoms with E-state index in [0.717, 1.165) is 17.7 Å². The third kappa shape index (κ3) is 2.56. The number of hydrogen-bond acceptors (Lipinski definition) is 2. The summed E-state index contributed by atoms with van der Waals surface area (Å²) in [4.78, 5) is 0. The lowest BCUT2D eigenvalue weighted by atomic mass is 9.97. The molecule has 0 aliphatic heterocycles. The molecule has 1 aromatic carbocycles. The number of nitrogens with zero attached hydrogens (tertiary/aromatic N) is 2. The van der Waals surface area contributed by atoms with Gasteiger partial charge in [-0.15, -0.1) is 0 Å². The van der Waals surface area contributed by atoms with Gasteiger partial charge in [-0.1, -0.05) is 24.3 Å². The van der Waals surface area contributed by atoms with Gasteiger partial charge in [0.05, 0.1) is 5.69 Å². The second-order valence-corrected chi connectivity index (χ2v) is 4.58. The largest absolute Gasteiger partial charge is 0.324 e. The van der Waals surface area contributed by atoms with Crippen LogP contribution in [0.1, 0.15) is 28.4 Å². The molecule has 0 fully saturated rings. The zero-order chi connectivity index (χ0) is 12.4. The van der Waals surface area contributed by atoms with E-state index in [-0.39, 0.29) is 6.04 Å². The Morgan fingerprint density at radius 2 is 2.00 bits per heavy atom. The van der Waals surface area contributed by atoms with Gasteiger partial charge in [-0.3, -0.25) is 4.68 Å². The molecule has 0 bridgehead atoms. The van der Waals surface area contributed by atoms with Crippen molar-refractivity contribution >= 4 is 0 Å². The Morgan fingerprint density at radius 3 is 2.59 bits per heavy atom. The molecule has 1 aromatic heterocycles. The minimum atomic E-state index is 0.0183. The van der Waals surface area contributed by atoms with E-state index in [2.05, 4.69) is 36.3 Å². The third-order valence-corrected chi connectivity index (χ3v) is 3.15. The number of rotatable bonds is 3. The summed E-state index contributed by atoms with van der Waals surface area (Å²) in [5, 5.41) is 4.33. The van der Waals surface area contributed by atoms with Gasteiger partial charge in [-0.05, 0) is 31.4 Å². The highest BCUT2D eigenvalue weighted by molar-refractivity contribution is 5.29. The second-order valence-electron chi connectivity index (χ2n) is 4.58. The normalized spacial score (nSPS) is 12.7. The Kier molecular flexibility index (Phi) is 3.29. The molecule has 17 heavy (non-hydrogen) atoms. The van der Waals surface area contributed by atoms with Crippen molar-refractivity contribution in [1.82, 2.24) is 9.78 Å². The molecule has 0 aliphatic rings. The minimum absolute atomic E-state index is 0.0183. The standard InChI is InChI=1S/C14H19N3/c1-10-6-4-5-7-12(10)8-14(15)13-9-17(3)16-11(13)2/h4-7,9,14H,8,15H2,1-3H3. The van der Waals surface area contributed by atoms with Crippen LogP contribution in [-0.2, 0) is 13.5 Å². The molecule has 0 saturated heterocycles. The first-order valence-electron chi connectivity index (χ1n) is 5.88. The lowest BCUT2D eigenvalue weighted by Gasteiger charge is -2.12. The van der Waals surface area contributed by atoms with Crippen LogP contribution in [0.4, 0.5) is 0 Å². The molecule has 1 heterocycles. The van der Waals surface area contributed by atoms with E-state index in [0.29, 0.717) is 0 Å². The van der Waals surface area contributed by atoms with Crippen LogP contribution in [-0.4, -0.2) is 9.78 Å². The van der Waals surface area contributed by atoms with Crippen LogP contribution in [0.25, 0.3) is 0 Å². The monoisotopic (exact) mass is 229 g/mol. The number of aryl methyl sites for hydroxylation is 3. The van der Waals surface area contributed by atoms with Crippen LogP contribution in [0.2, 0.25) is 0 Å². The summed E-state index contributed by atoms with van der Waals surface area (Å²) in [7, 11) is 1.93. The van der Waals surface area contributed by atoms with Crippen LogP contribution in [0.15, 0.2) is 30.5 Å².